The van der Waals surface area contributed by atoms with Gasteiger partial charge in [-0.3, -0.25) is 0 Å². The van der Waals surface area contributed by atoms with Gasteiger partial charge in [0.15, 0.2) is 0 Å². The summed E-state index contributed by atoms with van der Waals surface area (Å²) >= 11 is 0. The van der Waals surface area contributed by atoms with Crippen molar-refractivity contribution in [3.05, 3.63) is 36.0 Å². The third-order valence-corrected chi connectivity index (χ3v) is 3.02. The second-order valence-electron chi connectivity index (χ2n) is 5.15. The SMILES string of the molecule is CC(C)CCC1=CC=CC(C)(C(F)(F)F)C=C1. The molecule has 0 N–H and O–H groups in total. The Labute approximate surface area is 101 Å². The number of halogens is 3. The molecule has 3 heteroatoms. The lowest BCUT2D eigenvalue weighted by Gasteiger charge is -2.24. The van der Waals surface area contributed by atoms with Gasteiger partial charge in [0.05, 0.1) is 5.41 Å². The minimum absolute atomic E-state index is 0.561. The first-order valence-electron chi connectivity index (χ1n) is 5.89. The number of rotatable bonds is 3. The van der Waals surface area contributed by atoms with E-state index < -0.39 is 11.6 Å². The number of alkyl halides is 3. The van der Waals surface area contributed by atoms with Crippen LogP contribution in [0.25, 0.3) is 0 Å². The van der Waals surface area contributed by atoms with Crippen molar-refractivity contribution in [2.75, 3.05) is 0 Å². The first kappa shape index (κ1) is 14.1. The largest absolute Gasteiger partial charge is 0.400 e. The predicted octanol–water partition coefficient (Wildman–Crippen LogP) is 5.04. The van der Waals surface area contributed by atoms with Crippen LogP contribution in [0.15, 0.2) is 36.0 Å². The normalized spacial score (nSPS) is 25.0. The van der Waals surface area contributed by atoms with E-state index in [4.69, 9.17) is 0 Å². The van der Waals surface area contributed by atoms with Gasteiger partial charge in [-0.05, 0) is 31.3 Å². The third-order valence-electron chi connectivity index (χ3n) is 3.02. The predicted molar refractivity (Wildman–Crippen MR) is 64.6 cm³/mol. The summed E-state index contributed by atoms with van der Waals surface area (Å²) in [5, 5.41) is 0. The van der Waals surface area contributed by atoms with E-state index in [2.05, 4.69) is 13.8 Å². The van der Waals surface area contributed by atoms with Crippen molar-refractivity contribution in [2.24, 2.45) is 11.3 Å². The van der Waals surface area contributed by atoms with Crippen LogP contribution >= 0.6 is 0 Å². The Kier molecular flexibility index (Phi) is 4.23. The highest BCUT2D eigenvalue weighted by Crippen LogP contribution is 2.41. The zero-order valence-corrected chi connectivity index (χ0v) is 10.5. The number of hydrogen-bond acceptors (Lipinski definition) is 0. The van der Waals surface area contributed by atoms with Crippen LogP contribution in [0.1, 0.15) is 33.6 Å². The lowest BCUT2D eigenvalue weighted by Crippen LogP contribution is -2.30. The first-order chi connectivity index (χ1) is 7.74. The van der Waals surface area contributed by atoms with Gasteiger partial charge in [0, 0.05) is 0 Å². The van der Waals surface area contributed by atoms with Gasteiger partial charge >= 0.3 is 6.18 Å². The molecule has 1 rings (SSSR count). The van der Waals surface area contributed by atoms with Gasteiger partial charge < -0.3 is 0 Å². The molecule has 0 aromatic heterocycles. The van der Waals surface area contributed by atoms with Crippen LogP contribution in [0.5, 0.6) is 0 Å². The Morgan fingerprint density at radius 1 is 1.24 bits per heavy atom. The van der Waals surface area contributed by atoms with Crippen LogP contribution in [0.4, 0.5) is 13.2 Å². The van der Waals surface area contributed by atoms with Crippen LogP contribution < -0.4 is 0 Å². The van der Waals surface area contributed by atoms with E-state index >= 15 is 0 Å². The zero-order valence-electron chi connectivity index (χ0n) is 10.5. The highest BCUT2D eigenvalue weighted by atomic mass is 19.4. The van der Waals surface area contributed by atoms with E-state index in [-0.39, 0.29) is 0 Å². The maximum Gasteiger partial charge on any atom is 0.400 e. The second kappa shape index (κ2) is 5.11. The molecule has 0 saturated carbocycles. The first-order valence-corrected chi connectivity index (χ1v) is 5.89. The smallest absolute Gasteiger partial charge is 0.170 e. The molecule has 0 radical (unpaired) electrons. The van der Waals surface area contributed by atoms with Crippen LogP contribution in [-0.2, 0) is 0 Å². The van der Waals surface area contributed by atoms with E-state index in [9.17, 15) is 13.2 Å². The molecule has 17 heavy (non-hydrogen) atoms. The van der Waals surface area contributed by atoms with Gasteiger partial charge in [0.1, 0.15) is 0 Å². The topological polar surface area (TPSA) is 0 Å². The maximum atomic E-state index is 12.8. The Balaban J connectivity index is 2.77. The molecule has 1 atom stereocenters. The Morgan fingerprint density at radius 2 is 1.88 bits per heavy atom. The molecule has 0 bridgehead atoms. The summed E-state index contributed by atoms with van der Waals surface area (Å²) in [7, 11) is 0. The number of allylic oxidation sites excluding steroid dienone is 6. The van der Waals surface area contributed by atoms with Crippen molar-refractivity contribution in [3.8, 4) is 0 Å². The van der Waals surface area contributed by atoms with Gasteiger partial charge in [-0.1, -0.05) is 44.2 Å². The molecule has 1 aliphatic carbocycles. The fourth-order valence-corrected chi connectivity index (χ4v) is 1.57. The molecule has 1 unspecified atom stereocenters. The zero-order chi connectivity index (χ0) is 13.1. The van der Waals surface area contributed by atoms with Gasteiger partial charge in [0.2, 0.25) is 0 Å². The van der Waals surface area contributed by atoms with Crippen molar-refractivity contribution < 1.29 is 13.2 Å². The summed E-state index contributed by atoms with van der Waals surface area (Å²) < 4.78 is 38.5. The average molecular weight is 244 g/mol. The van der Waals surface area contributed by atoms with Crippen molar-refractivity contribution in [3.63, 3.8) is 0 Å². The number of hydrogen-bond donors (Lipinski definition) is 0. The molecule has 0 aromatic rings. The van der Waals surface area contributed by atoms with E-state index in [1.165, 1.54) is 25.2 Å². The molecule has 0 aliphatic heterocycles. The summed E-state index contributed by atoms with van der Waals surface area (Å²) in [5.74, 6) is 0.561. The minimum atomic E-state index is -4.23. The summed E-state index contributed by atoms with van der Waals surface area (Å²) in [6, 6.07) is 0. The van der Waals surface area contributed by atoms with E-state index in [1.54, 1.807) is 12.2 Å². The minimum Gasteiger partial charge on any atom is -0.170 e. The van der Waals surface area contributed by atoms with Gasteiger partial charge in [-0.2, -0.15) is 13.2 Å². The maximum absolute atomic E-state index is 12.8. The monoisotopic (exact) mass is 244 g/mol. The molecule has 0 fully saturated rings. The summed E-state index contributed by atoms with van der Waals surface area (Å²) in [5.41, 5.74) is -0.883. The molecule has 96 valence electrons. The molecule has 0 amide bonds. The molecule has 0 nitrogen and oxygen atoms in total. The van der Waals surface area contributed by atoms with E-state index in [0.717, 1.165) is 18.4 Å². The van der Waals surface area contributed by atoms with Crippen LogP contribution in [-0.4, -0.2) is 6.18 Å². The highest BCUT2D eigenvalue weighted by Gasteiger charge is 2.47. The lowest BCUT2D eigenvalue weighted by atomic mass is 9.89. The average Bonchev–Trinajstić information content (AvgIpc) is 2.37. The Morgan fingerprint density at radius 3 is 2.41 bits per heavy atom. The molecule has 0 heterocycles. The van der Waals surface area contributed by atoms with Gasteiger partial charge in [0.25, 0.3) is 0 Å². The fourth-order valence-electron chi connectivity index (χ4n) is 1.57. The van der Waals surface area contributed by atoms with Crippen LogP contribution in [0.3, 0.4) is 0 Å². The Bertz CT molecular complexity index is 345. The highest BCUT2D eigenvalue weighted by molar-refractivity contribution is 5.32. The van der Waals surface area contributed by atoms with E-state index in [1.807, 2.05) is 0 Å². The summed E-state index contributed by atoms with van der Waals surface area (Å²) in [6.07, 6.45) is 4.95. The molecule has 0 aromatic carbocycles. The Hall–Kier alpha value is -0.990. The van der Waals surface area contributed by atoms with Gasteiger partial charge in [-0.25, -0.2) is 0 Å². The fraction of sp³-hybridized carbons (Fsp3) is 0.571. The standard InChI is InChI=1S/C14H19F3/c1-11(2)6-7-12-5-4-9-13(3,10-8-12)14(15,16)17/h4-5,8-11H,6-7H2,1-3H3. The van der Waals surface area contributed by atoms with Crippen LogP contribution in [0.2, 0.25) is 0 Å². The third kappa shape index (κ3) is 3.76. The van der Waals surface area contributed by atoms with E-state index in [0.29, 0.717) is 5.92 Å². The van der Waals surface area contributed by atoms with Gasteiger partial charge in [-0.15, -0.1) is 0 Å². The molecule has 0 saturated heterocycles. The van der Waals surface area contributed by atoms with Crippen molar-refractivity contribution in [1.29, 1.82) is 0 Å². The summed E-state index contributed by atoms with van der Waals surface area (Å²) in [6.45, 7) is 5.41. The van der Waals surface area contributed by atoms with Crippen molar-refractivity contribution in [1.82, 2.24) is 0 Å². The molecule has 0 spiro atoms. The molecular formula is C14H19F3. The van der Waals surface area contributed by atoms with Crippen molar-refractivity contribution >= 4 is 0 Å². The molecular weight excluding hydrogens is 225 g/mol. The quantitative estimate of drug-likeness (QED) is 0.652. The summed E-state index contributed by atoms with van der Waals surface area (Å²) in [4.78, 5) is 0. The molecule has 1 aliphatic rings. The lowest BCUT2D eigenvalue weighted by molar-refractivity contribution is -0.183. The van der Waals surface area contributed by atoms with Crippen molar-refractivity contribution in [2.45, 2.75) is 39.8 Å². The van der Waals surface area contributed by atoms with Crippen LogP contribution in [0, 0.1) is 11.3 Å². The second-order valence-corrected chi connectivity index (χ2v) is 5.15.